The van der Waals surface area contributed by atoms with Crippen LogP contribution in [0.2, 0.25) is 0 Å². The number of nitrogen functional groups attached to an aromatic ring is 2. The molecule has 0 saturated carbocycles. The number of thiazole rings is 2. The van der Waals surface area contributed by atoms with Crippen molar-refractivity contribution >= 4 is 38.7 Å². The molecular formula is C23H26N4O5S2. The number of ketones is 1. The monoisotopic (exact) mass is 502 g/mol. The molecular weight excluding hydrogens is 476 g/mol. The molecule has 180 valence electrons. The summed E-state index contributed by atoms with van der Waals surface area (Å²) < 4.78 is 22.3. The number of methoxy groups -OCH3 is 2. The van der Waals surface area contributed by atoms with Crippen LogP contribution in [0.1, 0.15) is 47.6 Å². The van der Waals surface area contributed by atoms with Gasteiger partial charge in [0.2, 0.25) is 0 Å². The van der Waals surface area contributed by atoms with Crippen LogP contribution in [0, 0.1) is 0 Å². The summed E-state index contributed by atoms with van der Waals surface area (Å²) >= 11 is 2.69. The maximum Gasteiger partial charge on any atom is 0.181 e. The van der Waals surface area contributed by atoms with Crippen LogP contribution in [0.5, 0.6) is 0 Å². The van der Waals surface area contributed by atoms with E-state index in [0.29, 0.717) is 58.9 Å². The third-order valence-electron chi connectivity index (χ3n) is 5.37. The van der Waals surface area contributed by atoms with Crippen molar-refractivity contribution in [2.45, 2.75) is 37.9 Å². The third-order valence-corrected chi connectivity index (χ3v) is 7.33. The first kappa shape index (κ1) is 24.1. The smallest absolute Gasteiger partial charge is 0.181 e. The van der Waals surface area contributed by atoms with E-state index in [-0.39, 0.29) is 18.0 Å². The Bertz CT molecular complexity index is 1110. The minimum atomic E-state index is -0.316. The van der Waals surface area contributed by atoms with E-state index in [4.69, 9.17) is 29.8 Å². The van der Waals surface area contributed by atoms with Gasteiger partial charge in [-0.1, -0.05) is 22.7 Å². The highest BCUT2D eigenvalue weighted by molar-refractivity contribution is 7.16. The number of carbonyl (C=O) groups is 1. The molecule has 4 aromatic heterocycles. The predicted octanol–water partition coefficient (Wildman–Crippen LogP) is 5.49. The SMILES string of the molecule is COC(CCC(=O)CCC(OC)c1sc(N)nc1-c1ccco1)c1sc(N)nc1-c1ccco1. The summed E-state index contributed by atoms with van der Waals surface area (Å²) in [5.74, 6) is 1.35. The van der Waals surface area contributed by atoms with E-state index < -0.39 is 0 Å². The van der Waals surface area contributed by atoms with E-state index in [1.165, 1.54) is 22.7 Å². The van der Waals surface area contributed by atoms with Gasteiger partial charge in [0.1, 0.15) is 17.2 Å². The van der Waals surface area contributed by atoms with Crippen LogP contribution < -0.4 is 11.5 Å². The second-order valence-electron chi connectivity index (χ2n) is 7.55. The molecule has 0 spiro atoms. The fraction of sp³-hybridized carbons (Fsp3) is 0.348. The Hall–Kier alpha value is -2.99. The molecule has 0 aliphatic rings. The second kappa shape index (κ2) is 11.0. The maximum absolute atomic E-state index is 12.8. The fourth-order valence-corrected chi connectivity index (χ4v) is 5.64. The zero-order valence-electron chi connectivity index (χ0n) is 18.9. The zero-order valence-corrected chi connectivity index (χ0v) is 20.5. The summed E-state index contributed by atoms with van der Waals surface area (Å²) in [7, 11) is 3.23. The number of anilines is 2. The normalized spacial score (nSPS) is 13.2. The average molecular weight is 503 g/mol. The maximum atomic E-state index is 12.8. The molecule has 4 N–H and O–H groups in total. The number of Topliss-reactive ketones (excluding diaryl/α,β-unsaturated/α-hetero) is 1. The van der Waals surface area contributed by atoms with Gasteiger partial charge in [-0.25, -0.2) is 9.97 Å². The minimum absolute atomic E-state index is 0.109. The summed E-state index contributed by atoms with van der Waals surface area (Å²) in [6, 6.07) is 7.23. The van der Waals surface area contributed by atoms with Crippen LogP contribution >= 0.6 is 22.7 Å². The Morgan fingerprint density at radius 3 is 1.68 bits per heavy atom. The van der Waals surface area contributed by atoms with Crippen LogP contribution in [-0.2, 0) is 14.3 Å². The first-order valence-corrected chi connectivity index (χ1v) is 12.3. The van der Waals surface area contributed by atoms with E-state index in [1.807, 2.05) is 12.1 Å². The lowest BCUT2D eigenvalue weighted by atomic mass is 10.0. The summed E-state index contributed by atoms with van der Waals surface area (Å²) in [6.07, 6.45) is 4.25. The van der Waals surface area contributed by atoms with Gasteiger partial charge in [0.25, 0.3) is 0 Å². The quantitative estimate of drug-likeness (QED) is 0.257. The van der Waals surface area contributed by atoms with Gasteiger partial charge in [0.05, 0.1) is 34.5 Å². The van der Waals surface area contributed by atoms with Gasteiger partial charge in [-0.05, 0) is 37.1 Å². The molecule has 0 aliphatic heterocycles. The Labute approximate surface area is 204 Å². The van der Waals surface area contributed by atoms with Gasteiger partial charge in [0, 0.05) is 27.1 Å². The van der Waals surface area contributed by atoms with Crippen LogP contribution in [0.3, 0.4) is 0 Å². The van der Waals surface area contributed by atoms with Gasteiger partial charge in [-0.3, -0.25) is 4.79 Å². The van der Waals surface area contributed by atoms with Crippen molar-refractivity contribution in [3.8, 4) is 22.9 Å². The van der Waals surface area contributed by atoms with Crippen molar-refractivity contribution in [3.63, 3.8) is 0 Å². The number of nitrogens with zero attached hydrogens (tertiary/aromatic N) is 2. The van der Waals surface area contributed by atoms with Crippen LogP contribution in [0.4, 0.5) is 10.3 Å². The van der Waals surface area contributed by atoms with E-state index in [1.54, 1.807) is 38.9 Å². The molecule has 0 aromatic carbocycles. The van der Waals surface area contributed by atoms with Crippen molar-refractivity contribution in [2.75, 3.05) is 25.7 Å². The number of aromatic nitrogens is 2. The number of nitrogens with two attached hydrogens (primary N) is 2. The first-order valence-electron chi connectivity index (χ1n) is 10.7. The summed E-state index contributed by atoms with van der Waals surface area (Å²) in [5.41, 5.74) is 13.2. The van der Waals surface area contributed by atoms with Crippen LogP contribution in [-0.4, -0.2) is 30.0 Å². The first-order chi connectivity index (χ1) is 16.5. The third kappa shape index (κ3) is 5.39. The topological polar surface area (TPSA) is 140 Å². The lowest BCUT2D eigenvalue weighted by molar-refractivity contribution is -0.120. The second-order valence-corrected chi connectivity index (χ2v) is 9.67. The van der Waals surface area contributed by atoms with Crippen molar-refractivity contribution in [1.82, 2.24) is 9.97 Å². The van der Waals surface area contributed by atoms with Crippen molar-refractivity contribution in [3.05, 3.63) is 46.5 Å². The van der Waals surface area contributed by atoms with Gasteiger partial charge >= 0.3 is 0 Å². The van der Waals surface area contributed by atoms with E-state index in [0.717, 1.165) is 9.75 Å². The van der Waals surface area contributed by atoms with E-state index >= 15 is 0 Å². The fourth-order valence-electron chi connectivity index (χ4n) is 3.74. The average Bonchev–Trinajstić information content (AvgIpc) is 3.62. The van der Waals surface area contributed by atoms with Gasteiger partial charge in [-0.15, -0.1) is 0 Å². The summed E-state index contributed by atoms with van der Waals surface area (Å²) in [6.45, 7) is 0. The number of furan rings is 2. The van der Waals surface area contributed by atoms with Crippen LogP contribution in [0.25, 0.3) is 22.9 Å². The molecule has 0 fully saturated rings. The molecule has 4 rings (SSSR count). The largest absolute Gasteiger partial charge is 0.463 e. The zero-order chi connectivity index (χ0) is 24.1. The number of hydrogen-bond donors (Lipinski definition) is 2. The Morgan fingerprint density at radius 1 is 0.882 bits per heavy atom. The Kier molecular flexibility index (Phi) is 7.78. The molecule has 0 radical (unpaired) electrons. The number of ether oxygens (including phenoxy) is 2. The molecule has 4 aromatic rings. The minimum Gasteiger partial charge on any atom is -0.463 e. The highest BCUT2D eigenvalue weighted by Crippen LogP contribution is 2.39. The molecule has 2 unspecified atom stereocenters. The summed E-state index contributed by atoms with van der Waals surface area (Å²) in [4.78, 5) is 23.2. The molecule has 9 nitrogen and oxygen atoms in total. The Balaban J connectivity index is 1.38. The summed E-state index contributed by atoms with van der Waals surface area (Å²) in [5, 5.41) is 0.850. The number of carbonyl (C=O) groups excluding carboxylic acids is 1. The molecule has 0 aliphatic carbocycles. The molecule has 2 atom stereocenters. The molecule has 0 saturated heterocycles. The van der Waals surface area contributed by atoms with Gasteiger partial charge in [-0.2, -0.15) is 0 Å². The van der Waals surface area contributed by atoms with E-state index in [9.17, 15) is 4.79 Å². The number of rotatable bonds is 12. The number of hydrogen-bond acceptors (Lipinski definition) is 11. The highest BCUT2D eigenvalue weighted by Gasteiger charge is 2.25. The van der Waals surface area contributed by atoms with Gasteiger partial charge < -0.3 is 29.8 Å². The lowest BCUT2D eigenvalue weighted by Crippen LogP contribution is -2.08. The Morgan fingerprint density at radius 2 is 1.32 bits per heavy atom. The molecule has 4 heterocycles. The molecule has 0 amide bonds. The van der Waals surface area contributed by atoms with Crippen LogP contribution in [0.15, 0.2) is 45.6 Å². The van der Waals surface area contributed by atoms with Gasteiger partial charge in [0.15, 0.2) is 21.8 Å². The van der Waals surface area contributed by atoms with Crippen molar-refractivity contribution < 1.29 is 23.1 Å². The molecule has 34 heavy (non-hydrogen) atoms. The molecule has 11 heteroatoms. The van der Waals surface area contributed by atoms with E-state index in [2.05, 4.69) is 9.97 Å². The highest BCUT2D eigenvalue weighted by atomic mass is 32.1. The lowest BCUT2D eigenvalue weighted by Gasteiger charge is -2.16. The van der Waals surface area contributed by atoms with Crippen molar-refractivity contribution in [1.29, 1.82) is 0 Å². The molecule has 0 bridgehead atoms. The van der Waals surface area contributed by atoms with Crippen molar-refractivity contribution in [2.24, 2.45) is 0 Å². The predicted molar refractivity (Wildman–Crippen MR) is 131 cm³/mol. The standard InChI is InChI=1S/C23H26N4O5S2/c1-29-16(20-18(26-22(24)33-20)14-5-3-11-31-14)9-7-13(28)8-10-17(30-2)21-19(27-23(25)34-21)15-6-4-12-32-15/h3-6,11-12,16-17H,7-10H2,1-2H3,(H2,24,26)(H2,25,27).